The van der Waals surface area contributed by atoms with E-state index in [0.717, 1.165) is 12.8 Å². The van der Waals surface area contributed by atoms with E-state index >= 15 is 0 Å². The van der Waals surface area contributed by atoms with Crippen molar-refractivity contribution in [2.45, 2.75) is 75.8 Å². The molecule has 2 aromatic carbocycles. The number of piperidine rings is 2. The third-order valence-corrected chi connectivity index (χ3v) is 10.5. The zero-order chi connectivity index (χ0) is 30.2. The summed E-state index contributed by atoms with van der Waals surface area (Å²) in [5.74, 6) is -2.73. The average Bonchev–Trinajstić information content (AvgIpc) is 3.46. The van der Waals surface area contributed by atoms with E-state index in [1.807, 2.05) is 36.4 Å². The van der Waals surface area contributed by atoms with E-state index in [9.17, 15) is 19.3 Å². The summed E-state index contributed by atoms with van der Waals surface area (Å²) < 4.78 is 24.0. The van der Waals surface area contributed by atoms with Gasteiger partial charge in [0, 0.05) is 25.7 Å². The lowest BCUT2D eigenvalue weighted by Crippen LogP contribution is -2.94. The molecule has 2 spiro atoms. The van der Waals surface area contributed by atoms with Gasteiger partial charge in [-0.3, -0.25) is 0 Å². The normalized spacial score (nSPS) is 27.0. The van der Waals surface area contributed by atoms with Crippen molar-refractivity contribution in [2.24, 2.45) is 16.5 Å². The zero-order valence-corrected chi connectivity index (χ0v) is 24.7. The summed E-state index contributed by atoms with van der Waals surface area (Å²) in [4.78, 5) is 50.0. The molecule has 5 atom stereocenters. The number of ether oxygens (including phenoxy) is 4. The van der Waals surface area contributed by atoms with Crippen LogP contribution in [0.25, 0.3) is 0 Å². The van der Waals surface area contributed by atoms with Gasteiger partial charge in [-0.1, -0.05) is 79.7 Å². The van der Waals surface area contributed by atoms with Crippen molar-refractivity contribution in [3.8, 4) is 0 Å². The summed E-state index contributed by atoms with van der Waals surface area (Å²) in [6.07, 6.45) is 5.50. The summed E-state index contributed by atoms with van der Waals surface area (Å²) in [5, 5.41) is 2.78. The van der Waals surface area contributed by atoms with Gasteiger partial charge < -0.3 is 23.4 Å². The van der Waals surface area contributed by atoms with Crippen molar-refractivity contribution < 1.29 is 37.8 Å². The number of carbonyl (C=O) groups is 3. The smallest absolute Gasteiger partial charge is 0.348 e. The molecule has 0 amide bonds. The quantitative estimate of drug-likeness (QED) is 0.118. The minimum Gasteiger partial charge on any atom is -0.458 e. The Balaban J connectivity index is 1.19. The minimum atomic E-state index is -1.70. The molecule has 4 aliphatic rings. The first-order valence-corrected chi connectivity index (χ1v) is 15.3. The molecule has 10 nitrogen and oxygen atoms in total. The van der Waals surface area contributed by atoms with Crippen LogP contribution in [-0.2, 0) is 38.9 Å². The Labute approximate surface area is 251 Å². The van der Waals surface area contributed by atoms with Gasteiger partial charge in [0.25, 0.3) is 0 Å². The molecule has 6 rings (SSSR count). The number of nitroso groups, excluding NO2 is 1. The Morgan fingerprint density at radius 3 is 2.09 bits per heavy atom. The van der Waals surface area contributed by atoms with Crippen LogP contribution in [0.15, 0.2) is 65.8 Å². The minimum absolute atomic E-state index is 0.0691. The van der Waals surface area contributed by atoms with Crippen LogP contribution in [0.5, 0.6) is 0 Å². The first kappa shape index (κ1) is 29.4. The van der Waals surface area contributed by atoms with Crippen LogP contribution in [0, 0.1) is 16.2 Å². The number of fused-ring (bicyclic) bond motifs is 2. The van der Waals surface area contributed by atoms with E-state index in [1.54, 1.807) is 38.1 Å². The maximum atomic E-state index is 14.4. The molecular formula is C33H39N2O8+. The maximum Gasteiger partial charge on any atom is 0.348 e. The summed E-state index contributed by atoms with van der Waals surface area (Å²) in [7, 11) is 0. The van der Waals surface area contributed by atoms with Gasteiger partial charge in [-0.25, -0.2) is 14.4 Å². The monoisotopic (exact) mass is 591 g/mol. The fourth-order valence-electron chi connectivity index (χ4n) is 8.40. The van der Waals surface area contributed by atoms with E-state index in [4.69, 9.17) is 18.9 Å². The standard InChI is InChI=1S/C33H39N2O8/c1-22(2)29(34-39)30(37)40-20-28(36)41-21-42-33(23-11-5-3-6-12-23,24-13-7-4-8-14-24)31(38)43-27-19-26-32(27)16-15-25(32)35(26)17-9-10-18-35/h3-8,11-14,22,25-27,29H,9-10,15-21H2,1-2H3/q+1/t25?,26?,27?,29-,32?/m0/s1. The molecule has 4 unspecified atom stereocenters. The lowest BCUT2D eigenvalue weighted by atomic mass is 9.39. The number of rotatable bonds is 12. The molecule has 0 N–H and O–H groups in total. The van der Waals surface area contributed by atoms with Crippen molar-refractivity contribution in [3.63, 3.8) is 0 Å². The van der Waals surface area contributed by atoms with Crippen LogP contribution < -0.4 is 0 Å². The molecule has 0 aromatic heterocycles. The van der Waals surface area contributed by atoms with Crippen LogP contribution in [-0.4, -0.2) is 73.1 Å². The first-order chi connectivity index (χ1) is 20.8. The van der Waals surface area contributed by atoms with Gasteiger partial charge in [0.15, 0.2) is 19.4 Å². The summed E-state index contributed by atoms with van der Waals surface area (Å²) in [5.41, 5.74) is -0.546. The summed E-state index contributed by atoms with van der Waals surface area (Å²) >= 11 is 0. The molecule has 2 heterocycles. The highest BCUT2D eigenvalue weighted by Crippen LogP contribution is 2.73. The predicted octanol–water partition coefficient (Wildman–Crippen LogP) is 4.24. The number of hydrogen-bond acceptors (Lipinski definition) is 9. The second-order valence-electron chi connectivity index (χ2n) is 12.7. The molecule has 43 heavy (non-hydrogen) atoms. The lowest BCUT2D eigenvalue weighted by Gasteiger charge is -2.80. The summed E-state index contributed by atoms with van der Waals surface area (Å²) in [6, 6.07) is 18.0. The highest BCUT2D eigenvalue weighted by molar-refractivity contribution is 5.86. The van der Waals surface area contributed by atoms with E-state index in [1.165, 1.54) is 36.8 Å². The van der Waals surface area contributed by atoms with Gasteiger partial charge in [-0.15, -0.1) is 4.91 Å². The molecule has 2 aromatic rings. The number of carbonyl (C=O) groups excluding carboxylic acids is 3. The van der Waals surface area contributed by atoms with Crippen molar-refractivity contribution in [2.75, 3.05) is 26.5 Å². The predicted molar refractivity (Wildman–Crippen MR) is 154 cm³/mol. The third-order valence-electron chi connectivity index (χ3n) is 10.5. The van der Waals surface area contributed by atoms with Crippen molar-refractivity contribution in [1.82, 2.24) is 0 Å². The maximum absolute atomic E-state index is 14.4. The molecular weight excluding hydrogens is 552 g/mol. The SMILES string of the molecule is CC(C)[C@H](N=O)C(=O)OCC(=O)OCOC(C(=O)OC1CC2C13CCC3[N+]21CCCC1)(c1ccccc1)c1ccccc1. The fourth-order valence-corrected chi connectivity index (χ4v) is 8.40. The first-order valence-electron chi connectivity index (χ1n) is 15.3. The Hall–Kier alpha value is -3.63. The molecule has 2 saturated carbocycles. The van der Waals surface area contributed by atoms with E-state index in [0.29, 0.717) is 23.2 Å². The van der Waals surface area contributed by atoms with Crippen molar-refractivity contribution in [1.29, 1.82) is 0 Å². The largest absolute Gasteiger partial charge is 0.458 e. The second kappa shape index (κ2) is 11.5. The molecule has 2 aliphatic carbocycles. The number of benzene rings is 2. The third kappa shape index (κ3) is 4.57. The Kier molecular flexibility index (Phi) is 7.85. The lowest BCUT2D eigenvalue weighted by molar-refractivity contribution is -1.05. The van der Waals surface area contributed by atoms with Crippen LogP contribution >= 0.6 is 0 Å². The molecule has 4 fully saturated rings. The summed E-state index contributed by atoms with van der Waals surface area (Å²) in [6.45, 7) is 4.46. The van der Waals surface area contributed by atoms with Gasteiger partial charge in [0.2, 0.25) is 5.60 Å². The Morgan fingerprint density at radius 1 is 0.953 bits per heavy atom. The van der Waals surface area contributed by atoms with Gasteiger partial charge in [-0.05, 0) is 23.5 Å². The molecule has 228 valence electrons. The molecule has 10 heteroatoms. The van der Waals surface area contributed by atoms with Crippen LogP contribution in [0.1, 0.15) is 57.1 Å². The van der Waals surface area contributed by atoms with Gasteiger partial charge in [0.1, 0.15) is 23.6 Å². The van der Waals surface area contributed by atoms with E-state index in [-0.39, 0.29) is 17.4 Å². The highest BCUT2D eigenvalue weighted by atomic mass is 16.7. The van der Waals surface area contributed by atoms with Crippen LogP contribution in [0.4, 0.5) is 0 Å². The van der Waals surface area contributed by atoms with Gasteiger partial charge in [-0.2, -0.15) is 0 Å². The van der Waals surface area contributed by atoms with E-state index in [2.05, 4.69) is 5.18 Å². The second-order valence-corrected chi connectivity index (χ2v) is 12.7. The number of hydrogen-bond donors (Lipinski definition) is 0. The number of quaternary nitrogens is 1. The fraction of sp³-hybridized carbons (Fsp3) is 0.545. The van der Waals surface area contributed by atoms with Gasteiger partial charge in [0.05, 0.1) is 13.1 Å². The van der Waals surface area contributed by atoms with Gasteiger partial charge >= 0.3 is 17.9 Å². The van der Waals surface area contributed by atoms with Crippen molar-refractivity contribution >= 4 is 17.9 Å². The number of esters is 3. The molecule has 2 saturated heterocycles. The zero-order valence-electron chi connectivity index (χ0n) is 24.7. The number of nitrogens with zero attached hydrogens (tertiary/aromatic N) is 2. The molecule has 0 bridgehead atoms. The molecule has 0 radical (unpaired) electrons. The van der Waals surface area contributed by atoms with Crippen LogP contribution in [0.2, 0.25) is 0 Å². The average molecular weight is 592 g/mol. The Bertz CT molecular complexity index is 1310. The highest BCUT2D eigenvalue weighted by Gasteiger charge is 2.86. The van der Waals surface area contributed by atoms with E-state index < -0.39 is 43.0 Å². The Morgan fingerprint density at radius 2 is 1.58 bits per heavy atom. The molecule has 2 aliphatic heterocycles. The topological polar surface area (TPSA) is 118 Å². The van der Waals surface area contributed by atoms with Crippen LogP contribution in [0.3, 0.4) is 0 Å². The van der Waals surface area contributed by atoms with Crippen molar-refractivity contribution in [3.05, 3.63) is 76.7 Å².